The van der Waals surface area contributed by atoms with Gasteiger partial charge < -0.3 is 0 Å². The summed E-state index contributed by atoms with van der Waals surface area (Å²) < 4.78 is 0. The molecule has 0 amide bonds. The molecule has 1 aliphatic carbocycles. The molecule has 0 heteroatoms. The van der Waals surface area contributed by atoms with E-state index in [0.29, 0.717) is 0 Å². The minimum atomic E-state index is 1.01. The summed E-state index contributed by atoms with van der Waals surface area (Å²) in [5, 5.41) is 0. The van der Waals surface area contributed by atoms with Crippen molar-refractivity contribution in [1.29, 1.82) is 0 Å². The molecule has 1 rings (SSSR count). The Kier molecular flexibility index (Phi) is 15.5. The van der Waals surface area contributed by atoms with Gasteiger partial charge in [0.2, 0.25) is 0 Å². The quantitative estimate of drug-likeness (QED) is 0.383. The molecule has 0 heterocycles. The first-order valence-corrected chi connectivity index (χ1v) is 7.72. The van der Waals surface area contributed by atoms with Gasteiger partial charge in [-0.15, -0.1) is 6.58 Å². The van der Waals surface area contributed by atoms with Crippen LogP contribution in [0.5, 0.6) is 0 Å². The Morgan fingerprint density at radius 3 is 1.76 bits per heavy atom. The third kappa shape index (κ3) is 13.7. The van der Waals surface area contributed by atoms with Gasteiger partial charge in [0.15, 0.2) is 0 Å². The van der Waals surface area contributed by atoms with E-state index < -0.39 is 0 Å². The van der Waals surface area contributed by atoms with Gasteiger partial charge in [-0.05, 0) is 31.6 Å². The first kappa shape index (κ1) is 19.1. The molecule has 2 atom stereocenters. The lowest BCUT2D eigenvalue weighted by Gasteiger charge is -2.05. The monoisotopic (exact) mass is 240 g/mol. The molecular formula is C17H36. The van der Waals surface area contributed by atoms with Crippen LogP contribution in [0.25, 0.3) is 0 Å². The van der Waals surface area contributed by atoms with E-state index in [0.717, 1.165) is 11.8 Å². The van der Waals surface area contributed by atoms with Crippen molar-refractivity contribution >= 4 is 0 Å². The van der Waals surface area contributed by atoms with Crippen LogP contribution >= 0.6 is 0 Å². The molecule has 0 spiro atoms. The van der Waals surface area contributed by atoms with E-state index in [9.17, 15) is 0 Å². The van der Waals surface area contributed by atoms with Crippen LogP contribution in [0.4, 0.5) is 0 Å². The molecular weight excluding hydrogens is 204 g/mol. The minimum absolute atomic E-state index is 1.01. The summed E-state index contributed by atoms with van der Waals surface area (Å²) in [5.74, 6) is 2.03. The van der Waals surface area contributed by atoms with Gasteiger partial charge in [0.25, 0.3) is 0 Å². The van der Waals surface area contributed by atoms with E-state index in [1.54, 1.807) is 0 Å². The Bertz CT molecular complexity index is 149. The van der Waals surface area contributed by atoms with Crippen molar-refractivity contribution in [2.24, 2.45) is 11.8 Å². The highest BCUT2D eigenvalue weighted by atomic mass is 14.2. The molecule has 0 aromatic carbocycles. The molecule has 104 valence electrons. The molecule has 0 N–H and O–H groups in total. The average Bonchev–Trinajstić information content (AvgIpc) is 2.67. The molecule has 1 aliphatic rings. The lowest BCUT2D eigenvalue weighted by Crippen LogP contribution is -1.95. The maximum Gasteiger partial charge on any atom is -0.0326 e. The Morgan fingerprint density at radius 1 is 1.06 bits per heavy atom. The van der Waals surface area contributed by atoms with Gasteiger partial charge in [0, 0.05) is 0 Å². The molecule has 1 saturated carbocycles. The van der Waals surface area contributed by atoms with Gasteiger partial charge in [-0.3, -0.25) is 0 Å². The fraction of sp³-hybridized carbons (Fsp3) is 0.882. The van der Waals surface area contributed by atoms with Gasteiger partial charge in [0.1, 0.15) is 0 Å². The van der Waals surface area contributed by atoms with Crippen molar-refractivity contribution in [2.75, 3.05) is 0 Å². The van der Waals surface area contributed by atoms with Crippen LogP contribution in [-0.2, 0) is 0 Å². The number of unbranched alkanes of at least 4 members (excludes halogenated alkanes) is 2. The van der Waals surface area contributed by atoms with Crippen LogP contribution in [0.1, 0.15) is 86.5 Å². The van der Waals surface area contributed by atoms with Gasteiger partial charge >= 0.3 is 0 Å². The third-order valence-corrected chi connectivity index (χ3v) is 3.50. The van der Waals surface area contributed by atoms with Crippen molar-refractivity contribution in [1.82, 2.24) is 0 Å². The van der Waals surface area contributed by atoms with E-state index >= 15 is 0 Å². The zero-order valence-electron chi connectivity index (χ0n) is 13.3. The molecule has 0 nitrogen and oxygen atoms in total. The smallest absolute Gasteiger partial charge is 0.0326 e. The first-order valence-electron chi connectivity index (χ1n) is 7.72. The van der Waals surface area contributed by atoms with E-state index in [-0.39, 0.29) is 0 Å². The van der Waals surface area contributed by atoms with Crippen molar-refractivity contribution in [3.63, 3.8) is 0 Å². The highest BCUT2D eigenvalue weighted by Crippen LogP contribution is 2.29. The zero-order valence-corrected chi connectivity index (χ0v) is 13.3. The summed E-state index contributed by atoms with van der Waals surface area (Å²) >= 11 is 0. The normalized spacial score (nSPS) is 22.0. The zero-order chi connectivity index (χ0) is 13.7. The fourth-order valence-electron chi connectivity index (χ4n) is 2.01. The molecule has 0 aliphatic heterocycles. The van der Waals surface area contributed by atoms with E-state index in [1.807, 2.05) is 13.8 Å². The average molecular weight is 240 g/mol. The van der Waals surface area contributed by atoms with Gasteiger partial charge in [-0.1, -0.05) is 72.3 Å². The van der Waals surface area contributed by atoms with Gasteiger partial charge in [0.05, 0.1) is 0 Å². The lowest BCUT2D eigenvalue weighted by atomic mass is 10.0. The van der Waals surface area contributed by atoms with Crippen LogP contribution in [0, 0.1) is 11.8 Å². The maximum absolute atomic E-state index is 3.83. The second-order valence-corrected chi connectivity index (χ2v) is 5.30. The van der Waals surface area contributed by atoms with Crippen LogP contribution in [0.3, 0.4) is 0 Å². The molecule has 0 aromatic heterocycles. The second kappa shape index (κ2) is 13.8. The van der Waals surface area contributed by atoms with E-state index in [2.05, 4.69) is 34.3 Å². The number of rotatable bonds is 4. The molecule has 1 fully saturated rings. The SMILES string of the molecule is C=C(C)CCCCC.CC.CC1CCC[C@@H]1C. The molecule has 0 saturated heterocycles. The van der Waals surface area contributed by atoms with Crippen LogP contribution in [0.15, 0.2) is 12.2 Å². The Labute approximate surface area is 111 Å². The van der Waals surface area contributed by atoms with Crippen molar-refractivity contribution in [3.05, 3.63) is 12.2 Å². The highest BCUT2D eigenvalue weighted by molar-refractivity contribution is 4.86. The topological polar surface area (TPSA) is 0 Å². The predicted octanol–water partition coefficient (Wildman–Crippen LogP) is 6.61. The predicted molar refractivity (Wildman–Crippen MR) is 82.5 cm³/mol. The maximum atomic E-state index is 3.83. The molecule has 0 radical (unpaired) electrons. The summed E-state index contributed by atoms with van der Waals surface area (Å²) in [6, 6.07) is 0. The van der Waals surface area contributed by atoms with Gasteiger partial charge in [-0.2, -0.15) is 0 Å². The summed E-state index contributed by atoms with van der Waals surface area (Å²) in [6.45, 7) is 16.9. The van der Waals surface area contributed by atoms with Crippen LogP contribution in [-0.4, -0.2) is 0 Å². The van der Waals surface area contributed by atoms with Crippen LogP contribution in [0.2, 0.25) is 0 Å². The Hall–Kier alpha value is -0.260. The fourth-order valence-corrected chi connectivity index (χ4v) is 2.01. The molecule has 0 bridgehead atoms. The number of allylic oxidation sites excluding steroid dienone is 1. The highest BCUT2D eigenvalue weighted by Gasteiger charge is 2.17. The van der Waals surface area contributed by atoms with E-state index in [4.69, 9.17) is 0 Å². The van der Waals surface area contributed by atoms with Crippen molar-refractivity contribution in [3.8, 4) is 0 Å². The number of hydrogen-bond acceptors (Lipinski definition) is 0. The largest absolute Gasteiger partial charge is 0.100 e. The Morgan fingerprint density at radius 2 is 1.53 bits per heavy atom. The molecule has 17 heavy (non-hydrogen) atoms. The third-order valence-electron chi connectivity index (χ3n) is 3.50. The summed E-state index contributed by atoms with van der Waals surface area (Å²) in [7, 11) is 0. The first-order chi connectivity index (χ1) is 8.07. The minimum Gasteiger partial charge on any atom is -0.100 e. The number of hydrogen-bond donors (Lipinski definition) is 0. The molecule has 0 aromatic rings. The second-order valence-electron chi connectivity index (χ2n) is 5.30. The van der Waals surface area contributed by atoms with Crippen molar-refractivity contribution in [2.45, 2.75) is 86.5 Å². The summed E-state index contributed by atoms with van der Waals surface area (Å²) in [4.78, 5) is 0. The standard InChI is InChI=1S/C8H16.C7H14.C2H6/c1-4-5-6-7-8(2)3;1-6-4-3-5-7(6)2;1-2/h2,4-7H2,1,3H3;6-7H,3-5H2,1-2H3;1-2H3/t;6-,7?;/m.0./s1. The van der Waals surface area contributed by atoms with Crippen molar-refractivity contribution < 1.29 is 0 Å². The summed E-state index contributed by atoms with van der Waals surface area (Å²) in [5.41, 5.74) is 1.32. The summed E-state index contributed by atoms with van der Waals surface area (Å²) in [6.07, 6.45) is 9.63. The lowest BCUT2D eigenvalue weighted by molar-refractivity contribution is 0.457. The van der Waals surface area contributed by atoms with E-state index in [1.165, 1.54) is 50.5 Å². The Balaban J connectivity index is 0. The van der Waals surface area contributed by atoms with Gasteiger partial charge in [-0.25, -0.2) is 0 Å². The van der Waals surface area contributed by atoms with Crippen LogP contribution < -0.4 is 0 Å². The molecule has 1 unspecified atom stereocenters.